The highest BCUT2D eigenvalue weighted by molar-refractivity contribution is 8.00. The molecule has 3 heterocycles. The fourth-order valence-corrected chi connectivity index (χ4v) is 8.10. The van der Waals surface area contributed by atoms with Crippen molar-refractivity contribution < 1.29 is 28.7 Å². The van der Waals surface area contributed by atoms with Gasteiger partial charge in [-0.15, -0.1) is 11.8 Å². The second kappa shape index (κ2) is 14.0. The molecule has 3 amide bonds. The summed E-state index contributed by atoms with van der Waals surface area (Å²) in [7, 11) is 0. The Balaban J connectivity index is 1.30. The second-order valence-corrected chi connectivity index (χ2v) is 14.8. The van der Waals surface area contributed by atoms with Crippen LogP contribution >= 0.6 is 11.8 Å². The molecule has 6 rings (SSSR count). The Morgan fingerprint density at radius 2 is 1.62 bits per heavy atom. The maximum atomic E-state index is 14.3. The fourth-order valence-electron chi connectivity index (χ4n) is 6.79. The summed E-state index contributed by atoms with van der Waals surface area (Å²) >= 11 is 1.44. The Hall–Kier alpha value is -4.05. The van der Waals surface area contributed by atoms with Gasteiger partial charge in [0.1, 0.15) is 22.7 Å². The van der Waals surface area contributed by atoms with Crippen molar-refractivity contribution in [1.29, 1.82) is 0 Å². The molecule has 1 N–H and O–H groups in total. The van der Waals surface area contributed by atoms with Crippen molar-refractivity contribution >= 4 is 35.6 Å². The predicted octanol–water partition coefficient (Wildman–Crippen LogP) is 6.12. The molecule has 10 heteroatoms. The number of fused-ring (bicyclic) bond motifs is 1. The smallest absolute Gasteiger partial charge is 0.408 e. The summed E-state index contributed by atoms with van der Waals surface area (Å²) in [6, 6.07) is 18.1. The van der Waals surface area contributed by atoms with E-state index < -0.39 is 41.1 Å². The average molecular weight is 658 g/mol. The number of esters is 1. The Morgan fingerprint density at radius 3 is 2.23 bits per heavy atom. The molecular weight excluding hydrogens is 614 g/mol. The lowest BCUT2D eigenvalue weighted by molar-refractivity contribution is -0.153. The summed E-state index contributed by atoms with van der Waals surface area (Å²) in [5, 5.41) is 2.17. The molecule has 3 fully saturated rings. The largest absolute Gasteiger partial charge is 0.448 e. The first-order valence-electron chi connectivity index (χ1n) is 16.6. The van der Waals surface area contributed by atoms with E-state index in [-0.39, 0.29) is 11.6 Å². The number of rotatable bonds is 8. The molecule has 0 aromatic heterocycles. The van der Waals surface area contributed by atoms with Crippen LogP contribution in [0.5, 0.6) is 0 Å². The van der Waals surface area contributed by atoms with Crippen molar-refractivity contribution in [3.05, 3.63) is 94.7 Å². The summed E-state index contributed by atoms with van der Waals surface area (Å²) in [4.78, 5) is 57.4. The van der Waals surface area contributed by atoms with Crippen molar-refractivity contribution in [2.75, 3.05) is 18.8 Å². The molecule has 4 aliphatic rings. The maximum Gasteiger partial charge on any atom is 0.408 e. The number of nitrogens with one attached hydrogen (secondary N) is 1. The monoisotopic (exact) mass is 657 g/mol. The maximum absolute atomic E-state index is 14.3. The summed E-state index contributed by atoms with van der Waals surface area (Å²) in [6.45, 7) is 6.68. The van der Waals surface area contributed by atoms with Crippen LogP contribution in [0.2, 0.25) is 0 Å². The number of allylic oxidation sites excluding steroid dienone is 1. The van der Waals surface area contributed by atoms with E-state index in [1.165, 1.54) is 35.9 Å². The lowest BCUT2D eigenvalue weighted by atomic mass is 9.89. The first-order chi connectivity index (χ1) is 22.6. The number of carbonyl (C=O) groups is 4. The van der Waals surface area contributed by atoms with Crippen molar-refractivity contribution in [2.45, 2.75) is 82.4 Å². The molecule has 248 valence electrons. The highest BCUT2D eigenvalue weighted by Gasteiger charge is 2.55. The van der Waals surface area contributed by atoms with Crippen LogP contribution in [0.3, 0.4) is 0 Å². The predicted molar refractivity (Wildman–Crippen MR) is 180 cm³/mol. The lowest BCUT2D eigenvalue weighted by Gasteiger charge is -2.49. The Labute approximate surface area is 280 Å². The van der Waals surface area contributed by atoms with Gasteiger partial charge in [0.2, 0.25) is 5.91 Å². The summed E-state index contributed by atoms with van der Waals surface area (Å²) in [5.41, 5.74) is 2.18. The van der Waals surface area contributed by atoms with Gasteiger partial charge in [0.05, 0.1) is 0 Å². The van der Waals surface area contributed by atoms with Crippen LogP contribution in [0, 0.1) is 5.92 Å². The Kier molecular flexibility index (Phi) is 9.77. The van der Waals surface area contributed by atoms with Crippen LogP contribution in [-0.4, -0.2) is 69.5 Å². The molecule has 1 saturated carbocycles. The molecule has 1 aliphatic carbocycles. The van der Waals surface area contributed by atoms with Gasteiger partial charge in [0, 0.05) is 24.4 Å². The van der Waals surface area contributed by atoms with E-state index in [0.717, 1.165) is 30.5 Å². The molecule has 0 unspecified atom stereocenters. The summed E-state index contributed by atoms with van der Waals surface area (Å²) in [5.74, 6) is -0.193. The Bertz CT molecular complexity index is 1520. The number of hydrogen-bond donors (Lipinski definition) is 1. The van der Waals surface area contributed by atoms with Gasteiger partial charge >= 0.3 is 12.1 Å². The molecule has 0 bridgehead atoms. The van der Waals surface area contributed by atoms with Crippen LogP contribution in [-0.2, 0) is 23.9 Å². The number of carbonyl (C=O) groups excluding carboxylic acids is 4. The molecular formula is C37H43N3O6S. The molecule has 47 heavy (non-hydrogen) atoms. The Morgan fingerprint density at radius 1 is 0.979 bits per heavy atom. The van der Waals surface area contributed by atoms with E-state index in [4.69, 9.17) is 9.47 Å². The number of likely N-dealkylation sites (tertiary alicyclic amines) is 1. The molecule has 2 saturated heterocycles. The van der Waals surface area contributed by atoms with Crippen molar-refractivity contribution in [3.63, 3.8) is 0 Å². The third-order valence-corrected chi connectivity index (χ3v) is 10.4. The molecule has 9 nitrogen and oxygen atoms in total. The zero-order valence-electron chi connectivity index (χ0n) is 27.3. The fraction of sp³-hybridized carbons (Fsp3) is 0.459. The van der Waals surface area contributed by atoms with Crippen LogP contribution < -0.4 is 5.32 Å². The van der Waals surface area contributed by atoms with Gasteiger partial charge in [0.25, 0.3) is 5.91 Å². The van der Waals surface area contributed by atoms with Crippen molar-refractivity contribution in [3.8, 4) is 0 Å². The first kappa shape index (κ1) is 32.9. The van der Waals surface area contributed by atoms with Gasteiger partial charge in [-0.2, -0.15) is 0 Å². The van der Waals surface area contributed by atoms with Gasteiger partial charge in [-0.1, -0.05) is 79.9 Å². The number of benzene rings is 2. The zero-order chi connectivity index (χ0) is 33.1. The van der Waals surface area contributed by atoms with Crippen molar-refractivity contribution in [1.82, 2.24) is 15.1 Å². The van der Waals surface area contributed by atoms with E-state index >= 15 is 0 Å². The number of amides is 3. The van der Waals surface area contributed by atoms with Crippen molar-refractivity contribution in [2.24, 2.45) is 5.92 Å². The van der Waals surface area contributed by atoms with E-state index in [1.807, 2.05) is 65.6 Å². The quantitative estimate of drug-likeness (QED) is 0.207. The minimum Gasteiger partial charge on any atom is -0.448 e. The summed E-state index contributed by atoms with van der Waals surface area (Å²) in [6.07, 6.45) is 6.97. The number of thioether (sulfide) groups is 1. The highest BCUT2D eigenvalue weighted by atomic mass is 32.2. The van der Waals surface area contributed by atoms with Gasteiger partial charge in [0.15, 0.2) is 6.10 Å². The topological polar surface area (TPSA) is 105 Å². The van der Waals surface area contributed by atoms with Crippen LogP contribution in [0.4, 0.5) is 4.79 Å². The lowest BCUT2D eigenvalue weighted by Crippen LogP contribution is -2.70. The molecule has 2 aromatic rings. The van der Waals surface area contributed by atoms with Gasteiger partial charge in [-0.05, 0) is 68.7 Å². The highest BCUT2D eigenvalue weighted by Crippen LogP contribution is 2.43. The van der Waals surface area contributed by atoms with Crippen LogP contribution in [0.1, 0.15) is 76.5 Å². The van der Waals surface area contributed by atoms with E-state index in [0.29, 0.717) is 35.8 Å². The second-order valence-electron chi connectivity index (χ2n) is 13.7. The molecule has 0 spiro atoms. The van der Waals surface area contributed by atoms with Crippen LogP contribution in [0.25, 0.3) is 0 Å². The minimum atomic E-state index is -0.856. The number of alkyl carbamates (subject to hydrolysis) is 1. The normalized spacial score (nSPS) is 22.8. The third-order valence-electron chi connectivity index (χ3n) is 9.06. The molecule has 3 aliphatic heterocycles. The standard InChI is InChI=1S/C37H43N3O6S/c1-37(2,3)46-36(44)38-29-33(42)40-30(35(43)45-31(25-15-9-5-10-16-25)26-17-11-6-12-18-26)28(23-47-34(29)40)21-27-19-20-39(32(27)41)22-24-13-7-4-8-14-24/h5-6,9-12,15-18,21,24,29,31,34H,4,7-8,13-14,19-20,22-23H2,1-3H3,(H,38,44)/b27-21+/t29-,34-/m1/s1. The molecule has 0 radical (unpaired) electrons. The van der Waals surface area contributed by atoms with Gasteiger partial charge in [-0.25, -0.2) is 9.59 Å². The minimum absolute atomic E-state index is 0.00577. The van der Waals surface area contributed by atoms with E-state index in [9.17, 15) is 19.2 Å². The first-order valence-corrected chi connectivity index (χ1v) is 17.6. The van der Waals surface area contributed by atoms with Crippen LogP contribution in [0.15, 0.2) is 83.6 Å². The SMILES string of the molecule is CC(C)(C)OC(=O)N[C@@H]1C(=O)N2C(C(=O)OC(c3ccccc3)c3ccccc3)=C(/C=C3\CCN(CC4CCCCC4)C3=O)CS[C@H]12. The summed E-state index contributed by atoms with van der Waals surface area (Å²) < 4.78 is 11.6. The van der Waals surface area contributed by atoms with Gasteiger partial charge in [-0.3, -0.25) is 14.5 Å². The molecule has 2 aromatic carbocycles. The van der Waals surface area contributed by atoms with E-state index in [2.05, 4.69) is 5.32 Å². The number of β-lactam (4-membered cyclic amide) rings is 1. The number of hydrogen-bond acceptors (Lipinski definition) is 7. The zero-order valence-corrected chi connectivity index (χ0v) is 28.1. The number of ether oxygens (including phenoxy) is 2. The third kappa shape index (κ3) is 7.43. The average Bonchev–Trinajstić information content (AvgIpc) is 3.40. The molecule has 2 atom stereocenters. The van der Waals surface area contributed by atoms with E-state index in [1.54, 1.807) is 26.8 Å². The van der Waals surface area contributed by atoms with Gasteiger partial charge < -0.3 is 19.7 Å². The number of nitrogens with zero attached hydrogens (tertiary/aromatic N) is 2.